The van der Waals surface area contributed by atoms with Crippen molar-refractivity contribution in [1.29, 1.82) is 0 Å². The number of sulfonamides is 1. The number of benzene rings is 1. The van der Waals surface area contributed by atoms with E-state index in [1.807, 2.05) is 6.92 Å². The third-order valence-electron chi connectivity index (χ3n) is 5.27. The van der Waals surface area contributed by atoms with E-state index in [2.05, 4.69) is 11.8 Å². The van der Waals surface area contributed by atoms with E-state index < -0.39 is 28.3 Å². The van der Waals surface area contributed by atoms with Crippen molar-refractivity contribution in [3.05, 3.63) is 23.8 Å². The van der Waals surface area contributed by atoms with Gasteiger partial charge in [-0.1, -0.05) is 25.7 Å². The molecule has 1 aliphatic heterocycles. The first kappa shape index (κ1) is 25.1. The Bertz CT molecular complexity index is 950. The molecule has 0 saturated carbocycles. The van der Waals surface area contributed by atoms with Crippen LogP contribution >= 0.6 is 0 Å². The molecular formula is C22H32N2O6S. The molecule has 8 nitrogen and oxygen atoms in total. The minimum Gasteiger partial charge on any atom is -0.487 e. The lowest BCUT2D eigenvalue weighted by Gasteiger charge is -2.37. The maximum Gasteiger partial charge on any atom is 0.247 e. The van der Waals surface area contributed by atoms with Gasteiger partial charge in [-0.25, -0.2) is 8.42 Å². The summed E-state index contributed by atoms with van der Waals surface area (Å²) >= 11 is 0. The number of rotatable bonds is 5. The SMILES string of the molecule is CCC(=O)N(C)C[C@H]1Oc2cc(C#C[C@H](C)O)ccc2S(=O)(=O)N([C@H](C)CO)C[C@H]1C. The summed E-state index contributed by atoms with van der Waals surface area (Å²) in [7, 11) is -2.25. The van der Waals surface area contributed by atoms with Gasteiger partial charge in [-0.05, 0) is 32.0 Å². The quantitative estimate of drug-likeness (QED) is 0.647. The van der Waals surface area contributed by atoms with Crippen molar-refractivity contribution in [2.75, 3.05) is 26.7 Å². The van der Waals surface area contributed by atoms with Crippen LogP contribution in [0.15, 0.2) is 23.1 Å². The van der Waals surface area contributed by atoms with E-state index in [1.165, 1.54) is 23.4 Å². The van der Waals surface area contributed by atoms with E-state index in [0.717, 1.165) is 0 Å². The lowest BCUT2D eigenvalue weighted by Crippen LogP contribution is -2.50. The topological polar surface area (TPSA) is 107 Å². The van der Waals surface area contributed by atoms with Crippen LogP contribution < -0.4 is 4.74 Å². The van der Waals surface area contributed by atoms with E-state index in [1.54, 1.807) is 31.9 Å². The molecule has 0 radical (unpaired) electrons. The smallest absolute Gasteiger partial charge is 0.247 e. The first-order valence-corrected chi connectivity index (χ1v) is 11.8. The lowest BCUT2D eigenvalue weighted by atomic mass is 10.0. The summed E-state index contributed by atoms with van der Waals surface area (Å²) in [6.07, 6.45) is -0.938. The molecule has 9 heteroatoms. The van der Waals surface area contributed by atoms with E-state index >= 15 is 0 Å². The van der Waals surface area contributed by atoms with Gasteiger partial charge in [-0.3, -0.25) is 4.79 Å². The van der Waals surface area contributed by atoms with Crippen LogP contribution in [0.3, 0.4) is 0 Å². The van der Waals surface area contributed by atoms with Gasteiger partial charge >= 0.3 is 0 Å². The van der Waals surface area contributed by atoms with Crippen LogP contribution in [0.4, 0.5) is 0 Å². The molecule has 2 N–H and O–H groups in total. The summed E-state index contributed by atoms with van der Waals surface area (Å²) < 4.78 is 34.2. The predicted molar refractivity (Wildman–Crippen MR) is 117 cm³/mol. The fourth-order valence-corrected chi connectivity index (χ4v) is 5.18. The molecule has 1 heterocycles. The van der Waals surface area contributed by atoms with Gasteiger partial charge < -0.3 is 19.8 Å². The Morgan fingerprint density at radius 2 is 2.06 bits per heavy atom. The second kappa shape index (κ2) is 10.5. The summed E-state index contributed by atoms with van der Waals surface area (Å²) in [5.41, 5.74) is 0.501. The van der Waals surface area contributed by atoms with Crippen molar-refractivity contribution in [1.82, 2.24) is 9.21 Å². The second-order valence-electron chi connectivity index (χ2n) is 7.97. The summed E-state index contributed by atoms with van der Waals surface area (Å²) in [5, 5.41) is 19.1. The fourth-order valence-electron chi connectivity index (χ4n) is 3.35. The Hall–Kier alpha value is -2.12. The highest BCUT2D eigenvalue weighted by molar-refractivity contribution is 7.89. The van der Waals surface area contributed by atoms with Crippen LogP contribution in [0.2, 0.25) is 0 Å². The monoisotopic (exact) mass is 452 g/mol. The van der Waals surface area contributed by atoms with Crippen LogP contribution in [0.5, 0.6) is 5.75 Å². The third-order valence-corrected chi connectivity index (χ3v) is 7.29. The maximum atomic E-state index is 13.4. The molecule has 0 aromatic heterocycles. The summed E-state index contributed by atoms with van der Waals surface area (Å²) in [5.74, 6) is 5.28. The molecule has 0 fully saturated rings. The lowest BCUT2D eigenvalue weighted by molar-refractivity contribution is -0.131. The first-order valence-electron chi connectivity index (χ1n) is 10.4. The maximum absolute atomic E-state index is 13.4. The number of aliphatic hydroxyl groups is 2. The summed E-state index contributed by atoms with van der Waals surface area (Å²) in [6, 6.07) is 3.91. The van der Waals surface area contributed by atoms with Gasteiger partial charge in [0.1, 0.15) is 22.9 Å². The molecule has 0 spiro atoms. The Morgan fingerprint density at radius 3 is 2.65 bits per heavy atom. The Morgan fingerprint density at radius 1 is 1.39 bits per heavy atom. The first-order chi connectivity index (χ1) is 14.5. The van der Waals surface area contributed by atoms with Gasteiger partial charge in [0.15, 0.2) is 0 Å². The predicted octanol–water partition coefficient (Wildman–Crippen LogP) is 1.06. The zero-order valence-corrected chi connectivity index (χ0v) is 19.5. The molecule has 4 atom stereocenters. The number of hydrogen-bond acceptors (Lipinski definition) is 6. The Kier molecular flexibility index (Phi) is 8.49. The van der Waals surface area contributed by atoms with Crippen molar-refractivity contribution in [3.63, 3.8) is 0 Å². The minimum atomic E-state index is -3.94. The number of aliphatic hydroxyl groups excluding tert-OH is 2. The largest absolute Gasteiger partial charge is 0.487 e. The van der Waals surface area contributed by atoms with Crippen LogP contribution in [0.25, 0.3) is 0 Å². The van der Waals surface area contributed by atoms with Gasteiger partial charge in [0.2, 0.25) is 15.9 Å². The highest BCUT2D eigenvalue weighted by Crippen LogP contribution is 2.34. The standard InChI is InChI=1S/C22H32N2O6S/c1-6-22(27)23(5)13-20-15(2)12-24(16(3)14-25)31(28,29)21-10-9-18(8-7-17(4)26)11-19(21)30-20/h9-11,15-17,20,25-26H,6,12-14H2,1-5H3/t15-,16-,17+,20-/m1/s1. The van der Waals surface area contributed by atoms with Crippen molar-refractivity contribution in [2.45, 2.75) is 57.3 Å². The van der Waals surface area contributed by atoms with Gasteiger partial charge in [-0.2, -0.15) is 4.31 Å². The third kappa shape index (κ3) is 5.98. The molecule has 31 heavy (non-hydrogen) atoms. The molecule has 0 bridgehead atoms. The number of carbonyl (C=O) groups is 1. The number of hydrogen-bond donors (Lipinski definition) is 2. The van der Waals surface area contributed by atoms with Gasteiger partial charge in [0, 0.05) is 37.5 Å². The molecule has 0 unspecified atom stereocenters. The number of ether oxygens (including phenoxy) is 1. The normalized spacial score (nSPS) is 22.5. The molecule has 1 aromatic rings. The minimum absolute atomic E-state index is 0.0169. The molecule has 2 rings (SSSR count). The second-order valence-corrected chi connectivity index (χ2v) is 9.83. The van der Waals surface area contributed by atoms with Crippen LogP contribution in [0, 0.1) is 17.8 Å². The molecule has 1 amide bonds. The van der Waals surface area contributed by atoms with E-state index in [9.17, 15) is 23.4 Å². The zero-order valence-electron chi connectivity index (χ0n) is 18.7. The molecular weight excluding hydrogens is 420 g/mol. The number of likely N-dealkylation sites (N-methyl/N-ethyl adjacent to an activating group) is 1. The molecule has 0 saturated heterocycles. The van der Waals surface area contributed by atoms with Crippen molar-refractivity contribution in [2.24, 2.45) is 5.92 Å². The van der Waals surface area contributed by atoms with Crippen molar-refractivity contribution < 1.29 is 28.2 Å². The summed E-state index contributed by atoms with van der Waals surface area (Å²) in [4.78, 5) is 13.7. The highest BCUT2D eigenvalue weighted by Gasteiger charge is 2.38. The van der Waals surface area contributed by atoms with Gasteiger partial charge in [-0.15, -0.1) is 0 Å². The summed E-state index contributed by atoms with van der Waals surface area (Å²) in [6.45, 7) is 6.94. The Balaban J connectivity index is 2.58. The number of carbonyl (C=O) groups excluding carboxylic acids is 1. The van der Waals surface area contributed by atoms with E-state index in [-0.39, 0.29) is 42.2 Å². The average molecular weight is 453 g/mol. The van der Waals surface area contributed by atoms with Crippen LogP contribution in [-0.4, -0.2) is 78.7 Å². The van der Waals surface area contributed by atoms with Gasteiger partial charge in [0.05, 0.1) is 13.2 Å². The average Bonchev–Trinajstić information content (AvgIpc) is 2.73. The number of fused-ring (bicyclic) bond motifs is 1. The molecule has 1 aromatic carbocycles. The van der Waals surface area contributed by atoms with Crippen LogP contribution in [-0.2, 0) is 14.8 Å². The highest BCUT2D eigenvalue weighted by atomic mass is 32.2. The molecule has 0 aliphatic carbocycles. The van der Waals surface area contributed by atoms with E-state index in [4.69, 9.17) is 4.74 Å². The molecule has 1 aliphatic rings. The van der Waals surface area contributed by atoms with Crippen molar-refractivity contribution >= 4 is 15.9 Å². The van der Waals surface area contributed by atoms with Gasteiger partial charge in [0.25, 0.3) is 0 Å². The number of amides is 1. The Labute approximate surface area is 184 Å². The fraction of sp³-hybridized carbons (Fsp3) is 0.591. The molecule has 172 valence electrons. The number of nitrogens with zero attached hydrogens (tertiary/aromatic N) is 2. The van der Waals surface area contributed by atoms with E-state index in [0.29, 0.717) is 12.0 Å². The van der Waals surface area contributed by atoms with Crippen LogP contribution in [0.1, 0.15) is 39.7 Å². The van der Waals surface area contributed by atoms with Crippen molar-refractivity contribution in [3.8, 4) is 17.6 Å². The zero-order chi connectivity index (χ0) is 23.3.